The number of carbonyl (C=O) groups excluding carboxylic acids is 2. The maximum atomic E-state index is 11.4. The lowest BCUT2D eigenvalue weighted by Gasteiger charge is -2.12. The molecule has 2 amide bonds. The molecular weight excluding hydrogens is 220 g/mol. The molecule has 5 nitrogen and oxygen atoms in total. The predicted octanol–water partition coefficient (Wildman–Crippen LogP) is 1.39. The first-order valence-corrected chi connectivity index (χ1v) is 5.32. The largest absolute Gasteiger partial charge is 0.394 e. The van der Waals surface area contributed by atoms with Crippen molar-refractivity contribution in [3.8, 4) is 0 Å². The fourth-order valence-electron chi connectivity index (χ4n) is 1.22. The Balaban J connectivity index is 2.57. The highest BCUT2D eigenvalue weighted by Gasteiger charge is 2.06. The number of rotatable bonds is 4. The lowest BCUT2D eigenvalue weighted by Crippen LogP contribution is -2.38. The second kappa shape index (κ2) is 6.00. The van der Waals surface area contributed by atoms with Crippen molar-refractivity contribution in [1.82, 2.24) is 5.32 Å². The predicted molar refractivity (Wildman–Crippen MR) is 65.1 cm³/mol. The van der Waals surface area contributed by atoms with E-state index in [1.165, 1.54) is 6.92 Å². The number of aliphatic hydroxyl groups is 1. The third kappa shape index (κ3) is 4.24. The second-order valence-corrected chi connectivity index (χ2v) is 3.82. The number of benzene rings is 1. The SMILES string of the molecule is CC(=O)c1ccc(NC(=O)N[C@H](C)CO)cc1. The number of hydrogen-bond acceptors (Lipinski definition) is 3. The van der Waals surface area contributed by atoms with Gasteiger partial charge in [0.05, 0.1) is 12.6 Å². The Hall–Kier alpha value is -1.88. The van der Waals surface area contributed by atoms with Crippen LogP contribution < -0.4 is 10.6 Å². The Labute approximate surface area is 99.8 Å². The van der Waals surface area contributed by atoms with Gasteiger partial charge in [0.1, 0.15) is 0 Å². The van der Waals surface area contributed by atoms with Crippen molar-refractivity contribution < 1.29 is 14.7 Å². The summed E-state index contributed by atoms with van der Waals surface area (Å²) in [5.74, 6) is -0.0186. The Morgan fingerprint density at radius 2 is 1.88 bits per heavy atom. The summed E-state index contributed by atoms with van der Waals surface area (Å²) >= 11 is 0. The first kappa shape index (κ1) is 13.2. The number of amides is 2. The van der Waals surface area contributed by atoms with Crippen molar-refractivity contribution in [1.29, 1.82) is 0 Å². The Bertz CT molecular complexity index is 401. The number of urea groups is 1. The molecule has 17 heavy (non-hydrogen) atoms. The van der Waals surface area contributed by atoms with Gasteiger partial charge in [0.25, 0.3) is 0 Å². The van der Waals surface area contributed by atoms with E-state index >= 15 is 0 Å². The molecule has 92 valence electrons. The van der Waals surface area contributed by atoms with E-state index in [1.807, 2.05) is 0 Å². The number of nitrogens with one attached hydrogen (secondary N) is 2. The van der Waals surface area contributed by atoms with Crippen molar-refractivity contribution in [2.45, 2.75) is 19.9 Å². The van der Waals surface area contributed by atoms with E-state index in [0.717, 1.165) is 0 Å². The topological polar surface area (TPSA) is 78.4 Å². The maximum Gasteiger partial charge on any atom is 0.319 e. The lowest BCUT2D eigenvalue weighted by molar-refractivity contribution is 0.101. The molecule has 0 saturated heterocycles. The summed E-state index contributed by atoms with van der Waals surface area (Å²) in [7, 11) is 0. The first-order chi connectivity index (χ1) is 8.02. The van der Waals surface area contributed by atoms with E-state index < -0.39 is 0 Å². The van der Waals surface area contributed by atoms with Crippen LogP contribution in [0.4, 0.5) is 10.5 Å². The second-order valence-electron chi connectivity index (χ2n) is 3.82. The van der Waals surface area contributed by atoms with Gasteiger partial charge >= 0.3 is 6.03 Å². The van der Waals surface area contributed by atoms with Crippen molar-refractivity contribution in [3.63, 3.8) is 0 Å². The minimum Gasteiger partial charge on any atom is -0.394 e. The minimum atomic E-state index is -0.387. The summed E-state index contributed by atoms with van der Waals surface area (Å²) in [6.45, 7) is 3.06. The number of aliphatic hydroxyl groups excluding tert-OH is 1. The van der Waals surface area contributed by atoms with Crippen molar-refractivity contribution in [2.75, 3.05) is 11.9 Å². The first-order valence-electron chi connectivity index (χ1n) is 5.32. The fourth-order valence-corrected chi connectivity index (χ4v) is 1.22. The summed E-state index contributed by atoms with van der Waals surface area (Å²) in [6, 6.07) is 5.91. The van der Waals surface area contributed by atoms with E-state index in [2.05, 4.69) is 10.6 Å². The van der Waals surface area contributed by atoms with Crippen LogP contribution in [0.1, 0.15) is 24.2 Å². The molecule has 0 radical (unpaired) electrons. The van der Waals surface area contributed by atoms with Crippen LogP contribution in [0.25, 0.3) is 0 Å². The Morgan fingerprint density at radius 3 is 2.35 bits per heavy atom. The molecule has 0 aliphatic carbocycles. The number of anilines is 1. The zero-order chi connectivity index (χ0) is 12.8. The molecule has 1 aromatic rings. The zero-order valence-corrected chi connectivity index (χ0v) is 9.86. The molecule has 5 heteroatoms. The number of Topliss-reactive ketones (excluding diaryl/α,β-unsaturated/α-hetero) is 1. The van der Waals surface area contributed by atoms with Crippen molar-refractivity contribution >= 4 is 17.5 Å². The molecule has 0 aliphatic heterocycles. The monoisotopic (exact) mass is 236 g/mol. The van der Waals surface area contributed by atoms with Gasteiger partial charge in [-0.05, 0) is 38.1 Å². The van der Waals surface area contributed by atoms with Crippen molar-refractivity contribution in [2.24, 2.45) is 0 Å². The molecule has 0 saturated carbocycles. The van der Waals surface area contributed by atoms with Crippen LogP contribution in [0.2, 0.25) is 0 Å². The van der Waals surface area contributed by atoms with Gasteiger partial charge in [-0.25, -0.2) is 4.79 Å². The van der Waals surface area contributed by atoms with Crippen LogP contribution >= 0.6 is 0 Å². The summed E-state index contributed by atoms with van der Waals surface area (Å²) in [6.07, 6.45) is 0. The summed E-state index contributed by atoms with van der Waals surface area (Å²) in [5, 5.41) is 13.9. The molecule has 3 N–H and O–H groups in total. The summed E-state index contributed by atoms with van der Waals surface area (Å²) < 4.78 is 0. The lowest BCUT2D eigenvalue weighted by atomic mass is 10.1. The summed E-state index contributed by atoms with van der Waals surface area (Å²) in [5.41, 5.74) is 1.19. The molecule has 1 atom stereocenters. The van der Waals surface area contributed by atoms with Gasteiger partial charge in [-0.15, -0.1) is 0 Å². The quantitative estimate of drug-likeness (QED) is 0.691. The van der Waals surface area contributed by atoms with Crippen LogP contribution in [0.3, 0.4) is 0 Å². The molecule has 1 rings (SSSR count). The number of hydrogen-bond donors (Lipinski definition) is 3. The van der Waals surface area contributed by atoms with Crippen LogP contribution in [0, 0.1) is 0 Å². The molecular formula is C12H16N2O3. The fraction of sp³-hybridized carbons (Fsp3) is 0.333. The number of carbonyl (C=O) groups is 2. The van der Waals surface area contributed by atoms with Gasteiger partial charge < -0.3 is 15.7 Å². The Kier molecular flexibility index (Phi) is 4.66. The van der Waals surface area contributed by atoms with E-state index in [-0.39, 0.29) is 24.5 Å². The highest BCUT2D eigenvalue weighted by molar-refractivity contribution is 5.95. The Morgan fingerprint density at radius 1 is 1.29 bits per heavy atom. The smallest absolute Gasteiger partial charge is 0.319 e. The molecule has 0 aromatic heterocycles. The standard InChI is InChI=1S/C12H16N2O3/c1-8(7-15)13-12(17)14-11-5-3-10(4-6-11)9(2)16/h3-6,8,15H,7H2,1-2H3,(H2,13,14,17)/t8-/m1/s1. The number of ketones is 1. The van der Waals surface area contributed by atoms with Crippen LogP contribution in [0.15, 0.2) is 24.3 Å². The molecule has 0 fully saturated rings. The van der Waals surface area contributed by atoms with Crippen LogP contribution in [-0.2, 0) is 0 Å². The van der Waals surface area contributed by atoms with Gasteiger partial charge in [-0.3, -0.25) is 4.79 Å². The highest BCUT2D eigenvalue weighted by atomic mass is 16.3. The average Bonchev–Trinajstić information content (AvgIpc) is 2.29. The molecule has 0 bridgehead atoms. The van der Waals surface area contributed by atoms with E-state index in [4.69, 9.17) is 5.11 Å². The molecule has 1 aromatic carbocycles. The van der Waals surface area contributed by atoms with Crippen LogP contribution in [-0.4, -0.2) is 29.6 Å². The van der Waals surface area contributed by atoms with Gasteiger partial charge in [-0.1, -0.05) is 0 Å². The summed E-state index contributed by atoms with van der Waals surface area (Å²) in [4.78, 5) is 22.4. The average molecular weight is 236 g/mol. The normalized spacial score (nSPS) is 11.7. The van der Waals surface area contributed by atoms with E-state index in [1.54, 1.807) is 31.2 Å². The third-order valence-corrected chi connectivity index (χ3v) is 2.20. The van der Waals surface area contributed by atoms with Gasteiger partial charge in [0, 0.05) is 11.3 Å². The van der Waals surface area contributed by atoms with Crippen LogP contribution in [0.5, 0.6) is 0 Å². The van der Waals surface area contributed by atoms with E-state index in [0.29, 0.717) is 11.3 Å². The van der Waals surface area contributed by atoms with Crippen molar-refractivity contribution in [3.05, 3.63) is 29.8 Å². The molecule has 0 aliphatic rings. The highest BCUT2D eigenvalue weighted by Crippen LogP contribution is 2.09. The van der Waals surface area contributed by atoms with Gasteiger partial charge in [-0.2, -0.15) is 0 Å². The van der Waals surface area contributed by atoms with Gasteiger partial charge in [0.15, 0.2) is 5.78 Å². The minimum absolute atomic E-state index is 0.0186. The molecule has 0 heterocycles. The van der Waals surface area contributed by atoms with E-state index in [9.17, 15) is 9.59 Å². The third-order valence-electron chi connectivity index (χ3n) is 2.20. The zero-order valence-electron chi connectivity index (χ0n) is 9.86. The maximum absolute atomic E-state index is 11.4. The molecule has 0 unspecified atom stereocenters. The molecule has 0 spiro atoms. The van der Waals surface area contributed by atoms with Gasteiger partial charge in [0.2, 0.25) is 0 Å².